The highest BCUT2D eigenvalue weighted by Crippen LogP contribution is 2.33. The molecule has 0 bridgehead atoms. The fourth-order valence-corrected chi connectivity index (χ4v) is 3.30. The van der Waals surface area contributed by atoms with Crippen LogP contribution in [0, 0.1) is 5.92 Å². The third-order valence-electron chi connectivity index (χ3n) is 5.34. The summed E-state index contributed by atoms with van der Waals surface area (Å²) in [6.45, 7) is 10.3. The fraction of sp³-hybridized carbons (Fsp3) is 0.722. The number of anilines is 2. The minimum Gasteiger partial charge on any atom is -0.481 e. The summed E-state index contributed by atoms with van der Waals surface area (Å²) in [6, 6.07) is 0. The second kappa shape index (κ2) is 7.15. The van der Waals surface area contributed by atoms with Gasteiger partial charge in [-0.2, -0.15) is 4.98 Å². The molecule has 25 heavy (non-hydrogen) atoms. The van der Waals surface area contributed by atoms with E-state index in [-0.39, 0.29) is 0 Å². The molecule has 0 spiro atoms. The van der Waals surface area contributed by atoms with E-state index in [0.717, 1.165) is 50.8 Å². The van der Waals surface area contributed by atoms with Gasteiger partial charge in [-0.05, 0) is 32.6 Å². The van der Waals surface area contributed by atoms with Crippen LogP contribution in [0.2, 0.25) is 0 Å². The van der Waals surface area contributed by atoms with Crippen LogP contribution < -0.4 is 9.80 Å². The number of morpholine rings is 1. The molecule has 138 valence electrons. The maximum atomic E-state index is 11.8. The molecular formula is C18H28N4O3. The lowest BCUT2D eigenvalue weighted by atomic mass is 9.85. The summed E-state index contributed by atoms with van der Waals surface area (Å²) in [7, 11) is 0. The first kappa shape index (κ1) is 17.9. The van der Waals surface area contributed by atoms with Gasteiger partial charge in [-0.15, -0.1) is 0 Å². The summed E-state index contributed by atoms with van der Waals surface area (Å²) in [5.74, 6) is 1.31. The average Bonchev–Trinajstić information content (AvgIpc) is 2.62. The maximum Gasteiger partial charge on any atom is 0.313 e. The molecule has 1 N–H and O–H groups in total. The zero-order valence-electron chi connectivity index (χ0n) is 15.4. The molecular weight excluding hydrogens is 320 g/mol. The normalized spacial score (nSPS) is 20.0. The smallest absolute Gasteiger partial charge is 0.313 e. The number of carboxylic acid groups (broad SMARTS) is 1. The number of nitrogens with zero attached hydrogens (tertiary/aromatic N) is 4. The summed E-state index contributed by atoms with van der Waals surface area (Å²) in [6.07, 6.45) is 3.98. The molecule has 0 aliphatic carbocycles. The van der Waals surface area contributed by atoms with E-state index >= 15 is 0 Å². The largest absolute Gasteiger partial charge is 0.481 e. The van der Waals surface area contributed by atoms with Crippen molar-refractivity contribution < 1.29 is 14.6 Å². The van der Waals surface area contributed by atoms with Crippen LogP contribution in [0.3, 0.4) is 0 Å². The molecule has 2 fully saturated rings. The molecule has 7 nitrogen and oxygen atoms in total. The molecule has 1 aromatic rings. The lowest BCUT2D eigenvalue weighted by Gasteiger charge is -2.35. The molecule has 2 saturated heterocycles. The van der Waals surface area contributed by atoms with Gasteiger partial charge in [-0.3, -0.25) is 4.79 Å². The van der Waals surface area contributed by atoms with Gasteiger partial charge in [0, 0.05) is 37.9 Å². The Bertz CT molecular complexity index is 621. The van der Waals surface area contributed by atoms with Crippen molar-refractivity contribution in [3.63, 3.8) is 0 Å². The van der Waals surface area contributed by atoms with E-state index in [1.165, 1.54) is 0 Å². The van der Waals surface area contributed by atoms with Gasteiger partial charge >= 0.3 is 5.97 Å². The van der Waals surface area contributed by atoms with E-state index < -0.39 is 11.4 Å². The van der Waals surface area contributed by atoms with Crippen LogP contribution in [0.15, 0.2) is 6.20 Å². The van der Waals surface area contributed by atoms with Gasteiger partial charge in [0.05, 0.1) is 18.6 Å². The van der Waals surface area contributed by atoms with E-state index in [9.17, 15) is 9.90 Å². The van der Waals surface area contributed by atoms with E-state index in [0.29, 0.717) is 24.7 Å². The number of ether oxygens (including phenoxy) is 1. The summed E-state index contributed by atoms with van der Waals surface area (Å²) in [4.78, 5) is 25.4. The molecule has 2 aliphatic heterocycles. The zero-order valence-corrected chi connectivity index (χ0v) is 15.4. The number of piperidine rings is 1. The first-order valence-corrected chi connectivity index (χ1v) is 9.08. The Kier molecular flexibility index (Phi) is 5.13. The highest BCUT2D eigenvalue weighted by molar-refractivity contribution is 5.82. The standard InChI is InChI=1S/C18H28N4O3/c1-13-4-6-22(7-5-13)17-19-12-14(18(2,3)16(23)24)15(20-17)21-8-10-25-11-9-21/h12-13H,4-11H2,1-3H3,(H,23,24). The Labute approximate surface area is 149 Å². The Balaban J connectivity index is 1.96. The number of hydrogen-bond acceptors (Lipinski definition) is 6. The highest BCUT2D eigenvalue weighted by atomic mass is 16.5. The van der Waals surface area contributed by atoms with Crippen LogP contribution in [-0.2, 0) is 14.9 Å². The quantitative estimate of drug-likeness (QED) is 0.890. The average molecular weight is 348 g/mol. The fourth-order valence-electron chi connectivity index (χ4n) is 3.30. The van der Waals surface area contributed by atoms with Gasteiger partial charge in [0.25, 0.3) is 0 Å². The van der Waals surface area contributed by atoms with Crippen molar-refractivity contribution in [1.29, 1.82) is 0 Å². The van der Waals surface area contributed by atoms with Crippen LogP contribution >= 0.6 is 0 Å². The number of hydrogen-bond donors (Lipinski definition) is 1. The lowest BCUT2D eigenvalue weighted by Crippen LogP contribution is -2.41. The van der Waals surface area contributed by atoms with Crippen LogP contribution in [0.1, 0.15) is 39.2 Å². The molecule has 0 unspecified atom stereocenters. The number of rotatable bonds is 4. The van der Waals surface area contributed by atoms with Gasteiger partial charge < -0.3 is 19.6 Å². The third-order valence-corrected chi connectivity index (χ3v) is 5.34. The van der Waals surface area contributed by atoms with Crippen molar-refractivity contribution >= 4 is 17.7 Å². The molecule has 3 heterocycles. The van der Waals surface area contributed by atoms with Crippen LogP contribution in [0.5, 0.6) is 0 Å². The summed E-state index contributed by atoms with van der Waals surface area (Å²) >= 11 is 0. The van der Waals surface area contributed by atoms with E-state index in [1.807, 2.05) is 0 Å². The van der Waals surface area contributed by atoms with Crippen molar-refractivity contribution in [2.45, 2.75) is 39.0 Å². The second-order valence-electron chi connectivity index (χ2n) is 7.61. The predicted octanol–water partition coefficient (Wildman–Crippen LogP) is 1.91. The first-order valence-electron chi connectivity index (χ1n) is 9.08. The Hall–Kier alpha value is -1.89. The Morgan fingerprint density at radius 1 is 1.20 bits per heavy atom. The van der Waals surface area contributed by atoms with Crippen molar-refractivity contribution in [2.24, 2.45) is 5.92 Å². The zero-order chi connectivity index (χ0) is 18.0. The Morgan fingerprint density at radius 3 is 2.44 bits per heavy atom. The molecule has 0 aromatic carbocycles. The summed E-state index contributed by atoms with van der Waals surface area (Å²) in [5, 5.41) is 9.66. The number of aromatic nitrogens is 2. The Morgan fingerprint density at radius 2 is 1.84 bits per heavy atom. The molecule has 2 aliphatic rings. The maximum absolute atomic E-state index is 11.8. The molecule has 0 saturated carbocycles. The molecule has 3 rings (SSSR count). The molecule has 0 radical (unpaired) electrons. The number of carboxylic acids is 1. The van der Waals surface area contributed by atoms with Crippen molar-refractivity contribution in [1.82, 2.24) is 9.97 Å². The molecule has 1 aromatic heterocycles. The van der Waals surface area contributed by atoms with Gasteiger partial charge in [0.1, 0.15) is 5.82 Å². The minimum atomic E-state index is -1.04. The van der Waals surface area contributed by atoms with E-state index in [2.05, 4.69) is 21.7 Å². The van der Waals surface area contributed by atoms with E-state index in [1.54, 1.807) is 20.0 Å². The van der Waals surface area contributed by atoms with Gasteiger partial charge in [-0.25, -0.2) is 4.98 Å². The number of aliphatic carboxylic acids is 1. The van der Waals surface area contributed by atoms with Gasteiger partial charge in [0.15, 0.2) is 0 Å². The van der Waals surface area contributed by atoms with Crippen molar-refractivity contribution in [3.8, 4) is 0 Å². The number of carbonyl (C=O) groups is 1. The minimum absolute atomic E-state index is 0.632. The van der Waals surface area contributed by atoms with E-state index in [4.69, 9.17) is 9.72 Å². The second-order valence-corrected chi connectivity index (χ2v) is 7.61. The lowest BCUT2D eigenvalue weighted by molar-refractivity contribution is -0.142. The van der Waals surface area contributed by atoms with Crippen LogP contribution in [0.25, 0.3) is 0 Å². The first-order chi connectivity index (χ1) is 11.9. The molecule has 7 heteroatoms. The van der Waals surface area contributed by atoms with Crippen LogP contribution in [-0.4, -0.2) is 60.4 Å². The summed E-state index contributed by atoms with van der Waals surface area (Å²) < 4.78 is 5.44. The van der Waals surface area contributed by atoms with Crippen molar-refractivity contribution in [2.75, 3.05) is 49.2 Å². The predicted molar refractivity (Wildman–Crippen MR) is 96.3 cm³/mol. The van der Waals surface area contributed by atoms with Gasteiger partial charge in [-0.1, -0.05) is 6.92 Å². The monoisotopic (exact) mass is 348 g/mol. The van der Waals surface area contributed by atoms with Crippen LogP contribution in [0.4, 0.5) is 11.8 Å². The molecule has 0 atom stereocenters. The third kappa shape index (κ3) is 3.71. The SMILES string of the molecule is CC1CCN(c2ncc(C(C)(C)C(=O)O)c(N3CCOCC3)n2)CC1. The highest BCUT2D eigenvalue weighted by Gasteiger charge is 2.35. The topological polar surface area (TPSA) is 78.8 Å². The van der Waals surface area contributed by atoms with Crippen molar-refractivity contribution in [3.05, 3.63) is 11.8 Å². The molecule has 0 amide bonds. The summed E-state index contributed by atoms with van der Waals surface area (Å²) in [5.41, 5.74) is -0.376. The van der Waals surface area contributed by atoms with Gasteiger partial charge in [0.2, 0.25) is 5.95 Å².